The lowest BCUT2D eigenvalue weighted by molar-refractivity contribution is 0.455. The second-order valence-corrected chi connectivity index (χ2v) is 5.91. The third-order valence-corrected chi connectivity index (χ3v) is 3.57. The molecule has 1 nitrogen and oxygen atoms in total. The lowest BCUT2D eigenvalue weighted by Gasteiger charge is -2.20. The summed E-state index contributed by atoms with van der Waals surface area (Å²) in [5.41, 5.74) is 1.33. The molecule has 1 aromatic rings. The van der Waals surface area contributed by atoms with Gasteiger partial charge in [0.25, 0.3) is 0 Å². The van der Waals surface area contributed by atoms with Crippen LogP contribution >= 0.6 is 31.9 Å². The van der Waals surface area contributed by atoms with Gasteiger partial charge in [-0.15, -0.1) is 0 Å². The van der Waals surface area contributed by atoms with E-state index in [4.69, 9.17) is 0 Å². The Labute approximate surface area is 109 Å². The molecule has 0 saturated carbocycles. The van der Waals surface area contributed by atoms with Gasteiger partial charge in [0.05, 0.1) is 0 Å². The summed E-state index contributed by atoms with van der Waals surface area (Å²) in [4.78, 5) is 0. The van der Waals surface area contributed by atoms with Crippen molar-refractivity contribution >= 4 is 31.9 Å². The highest BCUT2D eigenvalue weighted by atomic mass is 79.9. The molecule has 1 atom stereocenters. The third-order valence-electron chi connectivity index (χ3n) is 2.39. The zero-order chi connectivity index (χ0) is 11.4. The minimum absolute atomic E-state index is 0.424. The van der Waals surface area contributed by atoms with Crippen molar-refractivity contribution in [2.75, 3.05) is 7.05 Å². The van der Waals surface area contributed by atoms with Gasteiger partial charge in [0, 0.05) is 15.0 Å². The predicted molar refractivity (Wildman–Crippen MR) is 73.1 cm³/mol. The summed E-state index contributed by atoms with van der Waals surface area (Å²) in [5, 5.41) is 3.36. The van der Waals surface area contributed by atoms with Gasteiger partial charge in [0.2, 0.25) is 0 Å². The topological polar surface area (TPSA) is 12.0 Å². The van der Waals surface area contributed by atoms with E-state index in [2.05, 4.69) is 69.2 Å². The van der Waals surface area contributed by atoms with Gasteiger partial charge in [0.1, 0.15) is 0 Å². The Morgan fingerprint density at radius 2 is 1.93 bits per heavy atom. The molecule has 0 saturated heterocycles. The normalized spacial score (nSPS) is 13.2. The van der Waals surface area contributed by atoms with Crippen LogP contribution in [0, 0.1) is 5.92 Å². The van der Waals surface area contributed by atoms with Crippen molar-refractivity contribution in [1.29, 1.82) is 0 Å². The standard InChI is InChI=1S/C12H17Br2N/c1-8(2)6-12(15-3)10-5-4-9(13)7-11(10)14/h4-5,7-8,12,15H,6H2,1-3H3. The van der Waals surface area contributed by atoms with Crippen molar-refractivity contribution in [3.8, 4) is 0 Å². The van der Waals surface area contributed by atoms with Crippen molar-refractivity contribution in [3.05, 3.63) is 32.7 Å². The van der Waals surface area contributed by atoms with Gasteiger partial charge < -0.3 is 5.32 Å². The molecular weight excluding hydrogens is 318 g/mol. The van der Waals surface area contributed by atoms with Crippen LogP contribution in [0.3, 0.4) is 0 Å². The highest BCUT2D eigenvalue weighted by molar-refractivity contribution is 9.11. The molecule has 0 fully saturated rings. The fraction of sp³-hybridized carbons (Fsp3) is 0.500. The van der Waals surface area contributed by atoms with Gasteiger partial charge in [-0.05, 0) is 37.1 Å². The largest absolute Gasteiger partial charge is 0.313 e. The number of halogens is 2. The van der Waals surface area contributed by atoms with Crippen LogP contribution in [0.15, 0.2) is 27.1 Å². The average Bonchev–Trinajstić information content (AvgIpc) is 2.14. The van der Waals surface area contributed by atoms with Gasteiger partial charge in [-0.1, -0.05) is 51.8 Å². The quantitative estimate of drug-likeness (QED) is 0.853. The van der Waals surface area contributed by atoms with E-state index in [0.29, 0.717) is 12.0 Å². The minimum atomic E-state index is 0.424. The maximum absolute atomic E-state index is 3.61. The molecule has 15 heavy (non-hydrogen) atoms. The molecule has 0 aliphatic carbocycles. The van der Waals surface area contributed by atoms with E-state index in [1.807, 2.05) is 7.05 Å². The third kappa shape index (κ3) is 3.89. The zero-order valence-corrected chi connectivity index (χ0v) is 12.5. The molecule has 0 aliphatic heterocycles. The number of hydrogen-bond acceptors (Lipinski definition) is 1. The fourth-order valence-electron chi connectivity index (χ4n) is 1.66. The van der Waals surface area contributed by atoms with Crippen LogP contribution in [0.25, 0.3) is 0 Å². The molecule has 84 valence electrons. The van der Waals surface area contributed by atoms with Crippen LogP contribution in [0.5, 0.6) is 0 Å². The van der Waals surface area contributed by atoms with E-state index >= 15 is 0 Å². The van der Waals surface area contributed by atoms with Crippen molar-refractivity contribution in [2.24, 2.45) is 5.92 Å². The van der Waals surface area contributed by atoms with Gasteiger partial charge in [0.15, 0.2) is 0 Å². The Balaban J connectivity index is 2.91. The Kier molecular flexibility index (Phi) is 5.30. The maximum Gasteiger partial charge on any atom is 0.0331 e. The molecule has 0 bridgehead atoms. The Morgan fingerprint density at radius 1 is 1.27 bits per heavy atom. The number of hydrogen-bond donors (Lipinski definition) is 1. The van der Waals surface area contributed by atoms with Gasteiger partial charge >= 0.3 is 0 Å². The maximum atomic E-state index is 3.61. The molecule has 3 heteroatoms. The summed E-state index contributed by atoms with van der Waals surface area (Å²) in [6.07, 6.45) is 1.15. The molecule has 0 spiro atoms. The summed E-state index contributed by atoms with van der Waals surface area (Å²) in [7, 11) is 2.02. The van der Waals surface area contributed by atoms with Crippen LogP contribution in [-0.4, -0.2) is 7.05 Å². The van der Waals surface area contributed by atoms with Crippen molar-refractivity contribution in [2.45, 2.75) is 26.3 Å². The smallest absolute Gasteiger partial charge is 0.0331 e. The second-order valence-electron chi connectivity index (χ2n) is 4.14. The SMILES string of the molecule is CNC(CC(C)C)c1ccc(Br)cc1Br. The van der Waals surface area contributed by atoms with Crippen LogP contribution in [-0.2, 0) is 0 Å². The van der Waals surface area contributed by atoms with Gasteiger partial charge in [-0.25, -0.2) is 0 Å². The van der Waals surface area contributed by atoms with Crippen molar-refractivity contribution < 1.29 is 0 Å². The van der Waals surface area contributed by atoms with E-state index in [1.165, 1.54) is 5.56 Å². The first kappa shape index (κ1) is 13.2. The van der Waals surface area contributed by atoms with Gasteiger partial charge in [-0.2, -0.15) is 0 Å². The Hall–Kier alpha value is 0.140. The molecule has 1 unspecified atom stereocenters. The molecular formula is C12H17Br2N. The van der Waals surface area contributed by atoms with E-state index < -0.39 is 0 Å². The molecule has 0 heterocycles. The molecule has 1 aromatic carbocycles. The number of benzene rings is 1. The average molecular weight is 335 g/mol. The number of rotatable bonds is 4. The molecule has 0 amide bonds. The van der Waals surface area contributed by atoms with Crippen molar-refractivity contribution in [3.63, 3.8) is 0 Å². The first-order valence-electron chi connectivity index (χ1n) is 5.16. The van der Waals surface area contributed by atoms with Crippen LogP contribution in [0.2, 0.25) is 0 Å². The predicted octanol–water partition coefficient (Wildman–Crippen LogP) is 4.52. The van der Waals surface area contributed by atoms with Crippen LogP contribution < -0.4 is 5.32 Å². The van der Waals surface area contributed by atoms with Crippen LogP contribution in [0.1, 0.15) is 31.9 Å². The van der Waals surface area contributed by atoms with E-state index in [1.54, 1.807) is 0 Å². The summed E-state index contributed by atoms with van der Waals surface area (Å²) < 4.78 is 2.27. The Morgan fingerprint density at radius 3 is 2.40 bits per heavy atom. The molecule has 1 rings (SSSR count). The minimum Gasteiger partial charge on any atom is -0.313 e. The fourth-order valence-corrected chi connectivity index (χ4v) is 2.98. The Bertz CT molecular complexity index is 323. The second kappa shape index (κ2) is 6.02. The zero-order valence-electron chi connectivity index (χ0n) is 9.35. The highest BCUT2D eigenvalue weighted by Gasteiger charge is 2.13. The first-order valence-corrected chi connectivity index (χ1v) is 6.75. The van der Waals surface area contributed by atoms with Crippen molar-refractivity contribution in [1.82, 2.24) is 5.32 Å². The van der Waals surface area contributed by atoms with E-state index in [-0.39, 0.29) is 0 Å². The summed E-state index contributed by atoms with van der Waals surface area (Å²) in [6, 6.07) is 6.77. The lowest BCUT2D eigenvalue weighted by atomic mass is 9.97. The number of nitrogens with one attached hydrogen (secondary N) is 1. The lowest BCUT2D eigenvalue weighted by Crippen LogP contribution is -2.18. The molecule has 0 aromatic heterocycles. The molecule has 0 radical (unpaired) electrons. The first-order chi connectivity index (χ1) is 7.04. The van der Waals surface area contributed by atoms with Crippen LogP contribution in [0.4, 0.5) is 0 Å². The molecule has 0 aliphatic rings. The monoisotopic (exact) mass is 333 g/mol. The summed E-state index contributed by atoms with van der Waals surface area (Å²) >= 11 is 7.08. The van der Waals surface area contributed by atoms with E-state index in [9.17, 15) is 0 Å². The van der Waals surface area contributed by atoms with E-state index in [0.717, 1.165) is 15.4 Å². The summed E-state index contributed by atoms with van der Waals surface area (Å²) in [5.74, 6) is 0.693. The molecule has 1 N–H and O–H groups in total. The summed E-state index contributed by atoms with van der Waals surface area (Å²) in [6.45, 7) is 4.49. The highest BCUT2D eigenvalue weighted by Crippen LogP contribution is 2.30. The van der Waals surface area contributed by atoms with Gasteiger partial charge in [-0.3, -0.25) is 0 Å².